The van der Waals surface area contributed by atoms with Crippen molar-refractivity contribution in [1.82, 2.24) is 9.62 Å². The third kappa shape index (κ3) is 5.27. The molecule has 0 amide bonds. The van der Waals surface area contributed by atoms with E-state index in [0.717, 1.165) is 11.4 Å². The Balaban J connectivity index is 1.43. The SMILES string of the molecule is O=C(O)CN(CC1CC1)C1CC(NS(=O)(=O)CCc2cccs2)C1. The summed E-state index contributed by atoms with van der Waals surface area (Å²) in [5, 5.41) is 11.0. The molecule has 0 radical (unpaired) electrons. The average Bonchev–Trinajstić information content (AvgIpc) is 3.11. The lowest BCUT2D eigenvalue weighted by Gasteiger charge is -2.42. The minimum atomic E-state index is -3.28. The number of aliphatic carboxylic acids is 1. The number of hydrogen-bond acceptors (Lipinski definition) is 5. The van der Waals surface area contributed by atoms with Gasteiger partial charge in [0.1, 0.15) is 0 Å². The Labute approximate surface area is 146 Å². The molecule has 2 aliphatic carbocycles. The summed E-state index contributed by atoms with van der Waals surface area (Å²) in [5.41, 5.74) is 0. The van der Waals surface area contributed by atoms with Crippen molar-refractivity contribution in [1.29, 1.82) is 0 Å². The van der Waals surface area contributed by atoms with Crippen molar-refractivity contribution in [2.45, 2.75) is 44.2 Å². The Morgan fingerprint density at radius 1 is 1.38 bits per heavy atom. The van der Waals surface area contributed by atoms with Crippen molar-refractivity contribution >= 4 is 27.3 Å². The van der Waals surface area contributed by atoms with Gasteiger partial charge in [-0.2, -0.15) is 0 Å². The summed E-state index contributed by atoms with van der Waals surface area (Å²) in [4.78, 5) is 14.1. The maximum atomic E-state index is 12.2. The first-order chi connectivity index (χ1) is 11.4. The van der Waals surface area contributed by atoms with Gasteiger partial charge < -0.3 is 5.11 Å². The summed E-state index contributed by atoms with van der Waals surface area (Å²) in [6, 6.07) is 4.00. The first-order valence-electron chi connectivity index (χ1n) is 8.39. The molecule has 6 nitrogen and oxygen atoms in total. The Morgan fingerprint density at radius 2 is 2.12 bits per heavy atom. The Hall–Kier alpha value is -0.960. The number of thiophene rings is 1. The van der Waals surface area contributed by atoms with Gasteiger partial charge >= 0.3 is 5.97 Å². The van der Waals surface area contributed by atoms with Crippen LogP contribution in [0.3, 0.4) is 0 Å². The normalized spacial score (nSPS) is 24.0. The number of carboxylic acids is 1. The molecule has 0 bridgehead atoms. The van der Waals surface area contributed by atoms with Crippen LogP contribution in [-0.2, 0) is 21.2 Å². The molecule has 8 heteroatoms. The Kier molecular flexibility index (Phi) is 5.59. The first-order valence-corrected chi connectivity index (χ1v) is 10.9. The molecular weight excluding hydrogens is 348 g/mol. The van der Waals surface area contributed by atoms with Crippen LogP contribution in [0.15, 0.2) is 17.5 Å². The van der Waals surface area contributed by atoms with Gasteiger partial charge in [-0.15, -0.1) is 11.3 Å². The number of aryl methyl sites for hydroxylation is 1. The Bertz CT molecular complexity index is 650. The van der Waals surface area contributed by atoms with Gasteiger partial charge in [0.25, 0.3) is 0 Å². The summed E-state index contributed by atoms with van der Waals surface area (Å²) < 4.78 is 27.1. The lowest BCUT2D eigenvalue weighted by atomic mass is 9.86. The summed E-state index contributed by atoms with van der Waals surface area (Å²) >= 11 is 1.57. The minimum Gasteiger partial charge on any atom is -0.480 e. The molecule has 2 aliphatic rings. The smallest absolute Gasteiger partial charge is 0.317 e. The van der Waals surface area contributed by atoms with Gasteiger partial charge in [0.15, 0.2) is 0 Å². The number of carbonyl (C=O) groups is 1. The van der Waals surface area contributed by atoms with Crippen LogP contribution in [-0.4, -0.2) is 55.3 Å². The van der Waals surface area contributed by atoms with Gasteiger partial charge in [0.05, 0.1) is 12.3 Å². The minimum absolute atomic E-state index is 0.0546. The van der Waals surface area contributed by atoms with Crippen LogP contribution in [0.2, 0.25) is 0 Å². The molecule has 3 rings (SSSR count). The number of rotatable bonds is 10. The van der Waals surface area contributed by atoms with Crippen LogP contribution in [0.5, 0.6) is 0 Å². The molecule has 1 heterocycles. The van der Waals surface area contributed by atoms with E-state index in [2.05, 4.69) is 4.72 Å². The monoisotopic (exact) mass is 372 g/mol. The fourth-order valence-electron chi connectivity index (χ4n) is 3.13. The molecule has 2 N–H and O–H groups in total. The highest BCUT2D eigenvalue weighted by molar-refractivity contribution is 7.89. The van der Waals surface area contributed by atoms with Crippen molar-refractivity contribution in [3.63, 3.8) is 0 Å². The van der Waals surface area contributed by atoms with E-state index in [4.69, 9.17) is 5.11 Å². The largest absolute Gasteiger partial charge is 0.480 e. The van der Waals surface area contributed by atoms with Crippen molar-refractivity contribution < 1.29 is 18.3 Å². The zero-order valence-corrected chi connectivity index (χ0v) is 15.2. The second-order valence-electron chi connectivity index (χ2n) is 6.85. The number of nitrogens with one attached hydrogen (secondary N) is 1. The van der Waals surface area contributed by atoms with Crippen molar-refractivity contribution in [2.24, 2.45) is 5.92 Å². The summed E-state index contributed by atoms with van der Waals surface area (Å²) in [6.07, 6.45) is 4.32. The lowest BCUT2D eigenvalue weighted by molar-refractivity contribution is -0.139. The van der Waals surface area contributed by atoms with E-state index in [1.807, 2.05) is 22.4 Å². The van der Waals surface area contributed by atoms with Crippen molar-refractivity contribution in [3.8, 4) is 0 Å². The quantitative estimate of drug-likeness (QED) is 0.651. The first kappa shape index (κ1) is 17.8. The second kappa shape index (κ2) is 7.51. The number of hydrogen-bond donors (Lipinski definition) is 2. The maximum Gasteiger partial charge on any atom is 0.317 e. The molecule has 24 heavy (non-hydrogen) atoms. The highest BCUT2D eigenvalue weighted by Gasteiger charge is 2.38. The maximum absolute atomic E-state index is 12.2. The van der Waals surface area contributed by atoms with Gasteiger partial charge in [0, 0.05) is 23.5 Å². The third-order valence-corrected chi connectivity index (χ3v) is 7.07. The van der Waals surface area contributed by atoms with Gasteiger partial charge in [0.2, 0.25) is 10.0 Å². The highest BCUT2D eigenvalue weighted by Crippen LogP contribution is 2.34. The molecule has 2 saturated carbocycles. The van der Waals surface area contributed by atoms with E-state index < -0.39 is 16.0 Å². The average molecular weight is 373 g/mol. The van der Waals surface area contributed by atoms with Gasteiger partial charge in [-0.1, -0.05) is 6.07 Å². The molecule has 1 aromatic heterocycles. The number of carboxylic acid groups (broad SMARTS) is 1. The molecule has 0 unspecified atom stereocenters. The molecule has 0 spiro atoms. The van der Waals surface area contributed by atoms with Crippen LogP contribution >= 0.6 is 11.3 Å². The summed E-state index contributed by atoms with van der Waals surface area (Å²) in [5.74, 6) is -0.0724. The molecule has 0 aromatic carbocycles. The Morgan fingerprint density at radius 3 is 2.71 bits per heavy atom. The fraction of sp³-hybridized carbons (Fsp3) is 0.688. The van der Waals surface area contributed by atoms with Crippen molar-refractivity contribution in [2.75, 3.05) is 18.8 Å². The van der Waals surface area contributed by atoms with E-state index in [1.165, 1.54) is 12.8 Å². The van der Waals surface area contributed by atoms with Gasteiger partial charge in [-0.3, -0.25) is 9.69 Å². The van der Waals surface area contributed by atoms with Crippen LogP contribution in [0.1, 0.15) is 30.6 Å². The summed E-state index contributed by atoms with van der Waals surface area (Å²) in [6.45, 7) is 0.883. The highest BCUT2D eigenvalue weighted by atomic mass is 32.2. The van der Waals surface area contributed by atoms with Crippen LogP contribution < -0.4 is 4.72 Å². The topological polar surface area (TPSA) is 86.7 Å². The van der Waals surface area contributed by atoms with E-state index >= 15 is 0 Å². The number of nitrogens with zero attached hydrogens (tertiary/aromatic N) is 1. The standard InChI is InChI=1S/C16H24N2O4S2/c19-16(20)11-18(10-12-3-4-12)14-8-13(9-14)17-24(21,22)7-5-15-2-1-6-23-15/h1-2,6,12-14,17H,3-5,7-11H2,(H,19,20). The van der Waals surface area contributed by atoms with E-state index in [0.29, 0.717) is 25.2 Å². The van der Waals surface area contributed by atoms with Crippen LogP contribution in [0.25, 0.3) is 0 Å². The fourth-order valence-corrected chi connectivity index (χ4v) is 5.28. The van der Waals surface area contributed by atoms with Crippen LogP contribution in [0, 0.1) is 5.92 Å². The zero-order chi connectivity index (χ0) is 17.2. The lowest BCUT2D eigenvalue weighted by Crippen LogP contribution is -2.55. The molecule has 134 valence electrons. The van der Waals surface area contributed by atoms with E-state index in [9.17, 15) is 13.2 Å². The van der Waals surface area contributed by atoms with Gasteiger partial charge in [-0.05, 0) is 49.5 Å². The van der Waals surface area contributed by atoms with Crippen LogP contribution in [0.4, 0.5) is 0 Å². The van der Waals surface area contributed by atoms with Crippen molar-refractivity contribution in [3.05, 3.63) is 22.4 Å². The summed E-state index contributed by atoms with van der Waals surface area (Å²) in [7, 11) is -3.28. The molecule has 0 saturated heterocycles. The third-order valence-electron chi connectivity index (χ3n) is 4.70. The van der Waals surface area contributed by atoms with E-state index in [1.54, 1.807) is 11.3 Å². The molecular formula is C16H24N2O4S2. The van der Waals surface area contributed by atoms with Gasteiger partial charge in [-0.25, -0.2) is 13.1 Å². The predicted molar refractivity (Wildman–Crippen MR) is 93.7 cm³/mol. The predicted octanol–water partition coefficient (Wildman–Crippen LogP) is 1.54. The zero-order valence-electron chi connectivity index (χ0n) is 13.6. The molecule has 2 fully saturated rings. The second-order valence-corrected chi connectivity index (χ2v) is 9.76. The molecule has 0 aliphatic heterocycles. The number of sulfonamides is 1. The molecule has 1 aromatic rings. The molecule has 0 atom stereocenters. The van der Waals surface area contributed by atoms with E-state index in [-0.39, 0.29) is 24.4 Å².